The summed E-state index contributed by atoms with van der Waals surface area (Å²) in [6.45, 7) is 7.26. The molecule has 0 spiro atoms. The minimum Gasteiger partial charge on any atom is -0.480 e. The van der Waals surface area contributed by atoms with E-state index in [1.165, 1.54) is 0 Å². The first-order valence-electron chi connectivity index (χ1n) is 10.9. The summed E-state index contributed by atoms with van der Waals surface area (Å²) in [6.07, 6.45) is 0.920. The van der Waals surface area contributed by atoms with Crippen molar-refractivity contribution in [1.29, 1.82) is 0 Å². The van der Waals surface area contributed by atoms with Gasteiger partial charge in [0.25, 0.3) is 0 Å². The van der Waals surface area contributed by atoms with Crippen molar-refractivity contribution in [2.24, 2.45) is 17.6 Å². The summed E-state index contributed by atoms with van der Waals surface area (Å²) in [5.74, 6) is -2.45. The Bertz CT molecular complexity index is 767. The lowest BCUT2D eigenvalue weighted by Gasteiger charge is -2.23. The lowest BCUT2D eigenvalue weighted by Crippen LogP contribution is -2.54. The fourth-order valence-corrected chi connectivity index (χ4v) is 3.18. The number of benzene rings is 1. The number of nitrogens with one attached hydrogen (secondary N) is 3. The lowest BCUT2D eigenvalue weighted by atomic mass is 10.0. The highest BCUT2D eigenvalue weighted by molar-refractivity contribution is 5.92. The van der Waals surface area contributed by atoms with Crippen LogP contribution in [-0.2, 0) is 25.6 Å². The molecule has 3 unspecified atom stereocenters. The number of aliphatic carboxylic acids is 1. The van der Waals surface area contributed by atoms with E-state index in [-0.39, 0.29) is 31.2 Å². The number of nitrogens with two attached hydrogens (primary N) is 1. The Morgan fingerprint density at radius 2 is 1.47 bits per heavy atom. The van der Waals surface area contributed by atoms with Crippen LogP contribution in [0.4, 0.5) is 0 Å². The van der Waals surface area contributed by atoms with Gasteiger partial charge in [-0.15, -0.1) is 0 Å². The molecule has 0 saturated heterocycles. The number of hydrogen-bond acceptors (Lipinski definition) is 5. The molecule has 0 heterocycles. The van der Waals surface area contributed by atoms with Crippen LogP contribution in [0, 0.1) is 11.8 Å². The quantitative estimate of drug-likeness (QED) is 0.301. The Kier molecular flexibility index (Phi) is 11.4. The van der Waals surface area contributed by atoms with E-state index in [2.05, 4.69) is 16.0 Å². The van der Waals surface area contributed by atoms with Crippen molar-refractivity contribution in [3.05, 3.63) is 35.9 Å². The normalized spacial score (nSPS) is 13.8. The van der Waals surface area contributed by atoms with Crippen molar-refractivity contribution in [2.75, 3.05) is 6.54 Å². The topological polar surface area (TPSA) is 151 Å². The molecule has 0 saturated carbocycles. The minimum atomic E-state index is -1.14. The summed E-state index contributed by atoms with van der Waals surface area (Å²) < 4.78 is 0. The van der Waals surface area contributed by atoms with E-state index in [0.717, 1.165) is 5.56 Å². The number of amides is 3. The van der Waals surface area contributed by atoms with Gasteiger partial charge in [-0.25, -0.2) is 4.79 Å². The molecule has 178 valence electrons. The number of carboxylic acids is 1. The minimum absolute atomic E-state index is 0.0591. The molecule has 0 bridgehead atoms. The molecule has 32 heavy (non-hydrogen) atoms. The second-order valence-corrected chi connectivity index (χ2v) is 8.79. The average molecular weight is 449 g/mol. The van der Waals surface area contributed by atoms with E-state index in [4.69, 9.17) is 5.73 Å². The second kappa shape index (κ2) is 13.5. The Labute approximate surface area is 189 Å². The molecular formula is C23H36N4O5. The van der Waals surface area contributed by atoms with Gasteiger partial charge in [0.1, 0.15) is 12.1 Å². The van der Waals surface area contributed by atoms with Crippen LogP contribution in [0.2, 0.25) is 0 Å². The maximum absolute atomic E-state index is 12.9. The lowest BCUT2D eigenvalue weighted by molar-refractivity contribution is -0.142. The van der Waals surface area contributed by atoms with Crippen LogP contribution in [-0.4, -0.2) is 53.5 Å². The van der Waals surface area contributed by atoms with Gasteiger partial charge < -0.3 is 26.8 Å². The van der Waals surface area contributed by atoms with Crippen LogP contribution in [0.15, 0.2) is 30.3 Å². The SMILES string of the molecule is CC(C)CC(N)C(=O)NCC(=O)NC(Cc1ccccc1)C(=O)NC(CC(C)C)C(=O)O. The van der Waals surface area contributed by atoms with Crippen LogP contribution in [0.5, 0.6) is 0 Å². The molecule has 6 N–H and O–H groups in total. The molecule has 3 atom stereocenters. The molecule has 1 aromatic carbocycles. The zero-order valence-corrected chi connectivity index (χ0v) is 19.3. The van der Waals surface area contributed by atoms with Crippen molar-refractivity contribution in [2.45, 2.75) is 65.1 Å². The third kappa shape index (κ3) is 10.4. The largest absolute Gasteiger partial charge is 0.480 e. The van der Waals surface area contributed by atoms with Gasteiger partial charge >= 0.3 is 5.97 Å². The van der Waals surface area contributed by atoms with Crippen LogP contribution < -0.4 is 21.7 Å². The third-order valence-electron chi connectivity index (χ3n) is 4.74. The fourth-order valence-electron chi connectivity index (χ4n) is 3.18. The highest BCUT2D eigenvalue weighted by atomic mass is 16.4. The molecule has 0 aliphatic carbocycles. The first-order chi connectivity index (χ1) is 15.0. The summed E-state index contributed by atoms with van der Waals surface area (Å²) in [6, 6.07) is 6.27. The Morgan fingerprint density at radius 3 is 2.00 bits per heavy atom. The van der Waals surface area contributed by atoms with Gasteiger partial charge in [0.2, 0.25) is 17.7 Å². The highest BCUT2D eigenvalue weighted by Gasteiger charge is 2.27. The van der Waals surface area contributed by atoms with Gasteiger partial charge in [0.15, 0.2) is 0 Å². The van der Waals surface area contributed by atoms with E-state index < -0.39 is 41.8 Å². The van der Waals surface area contributed by atoms with Crippen LogP contribution >= 0.6 is 0 Å². The van der Waals surface area contributed by atoms with E-state index in [0.29, 0.717) is 6.42 Å². The zero-order chi connectivity index (χ0) is 24.3. The summed E-state index contributed by atoms with van der Waals surface area (Å²) >= 11 is 0. The van der Waals surface area contributed by atoms with Crippen molar-refractivity contribution >= 4 is 23.7 Å². The van der Waals surface area contributed by atoms with Crippen LogP contribution in [0.1, 0.15) is 46.1 Å². The van der Waals surface area contributed by atoms with Crippen molar-refractivity contribution in [3.8, 4) is 0 Å². The third-order valence-corrected chi connectivity index (χ3v) is 4.74. The number of carboxylic acid groups (broad SMARTS) is 1. The maximum Gasteiger partial charge on any atom is 0.326 e. The van der Waals surface area contributed by atoms with Crippen LogP contribution in [0.3, 0.4) is 0 Å². The molecule has 0 aliphatic heterocycles. The Morgan fingerprint density at radius 1 is 0.875 bits per heavy atom. The molecule has 0 radical (unpaired) electrons. The Balaban J connectivity index is 2.82. The van der Waals surface area contributed by atoms with Gasteiger partial charge in [-0.1, -0.05) is 58.0 Å². The molecule has 1 aromatic rings. The molecular weight excluding hydrogens is 412 g/mol. The molecule has 0 aliphatic rings. The van der Waals surface area contributed by atoms with Crippen molar-refractivity contribution in [3.63, 3.8) is 0 Å². The van der Waals surface area contributed by atoms with Crippen LogP contribution in [0.25, 0.3) is 0 Å². The summed E-state index contributed by atoms with van der Waals surface area (Å²) in [5, 5.41) is 17.0. The van der Waals surface area contributed by atoms with E-state index in [1.807, 2.05) is 45.9 Å². The summed E-state index contributed by atoms with van der Waals surface area (Å²) in [4.78, 5) is 48.9. The molecule has 9 heteroatoms. The number of rotatable bonds is 13. The maximum atomic E-state index is 12.9. The van der Waals surface area contributed by atoms with E-state index in [1.54, 1.807) is 12.1 Å². The molecule has 0 aromatic heterocycles. The fraction of sp³-hybridized carbons (Fsp3) is 0.565. The first kappa shape index (κ1) is 27.1. The molecule has 0 fully saturated rings. The van der Waals surface area contributed by atoms with Crippen molar-refractivity contribution < 1.29 is 24.3 Å². The smallest absolute Gasteiger partial charge is 0.326 e. The predicted molar refractivity (Wildman–Crippen MR) is 122 cm³/mol. The first-order valence-corrected chi connectivity index (χ1v) is 10.9. The number of carbonyl (C=O) groups excluding carboxylic acids is 3. The molecule has 1 rings (SSSR count). The zero-order valence-electron chi connectivity index (χ0n) is 19.3. The van der Waals surface area contributed by atoms with E-state index in [9.17, 15) is 24.3 Å². The van der Waals surface area contributed by atoms with Gasteiger partial charge in [0.05, 0.1) is 12.6 Å². The second-order valence-electron chi connectivity index (χ2n) is 8.79. The van der Waals surface area contributed by atoms with Gasteiger partial charge in [0, 0.05) is 6.42 Å². The van der Waals surface area contributed by atoms with Gasteiger partial charge in [-0.3, -0.25) is 14.4 Å². The standard InChI is InChI=1S/C23H36N4O5/c1-14(2)10-17(24)21(29)25-13-20(28)26-18(12-16-8-6-5-7-9-16)22(30)27-19(23(31)32)11-15(3)4/h5-9,14-15,17-19H,10-13,24H2,1-4H3,(H,25,29)(H,26,28)(H,27,30)(H,31,32). The Hall–Kier alpha value is -2.94. The average Bonchev–Trinajstić information content (AvgIpc) is 2.70. The predicted octanol–water partition coefficient (Wildman–Crippen LogP) is 0.819. The molecule has 9 nitrogen and oxygen atoms in total. The molecule has 3 amide bonds. The number of carbonyl (C=O) groups is 4. The summed E-state index contributed by atoms with van der Waals surface area (Å²) in [7, 11) is 0. The summed E-state index contributed by atoms with van der Waals surface area (Å²) in [5.41, 5.74) is 6.61. The van der Waals surface area contributed by atoms with E-state index >= 15 is 0 Å². The number of hydrogen-bond donors (Lipinski definition) is 5. The van der Waals surface area contributed by atoms with Crippen molar-refractivity contribution in [1.82, 2.24) is 16.0 Å². The van der Waals surface area contributed by atoms with Gasteiger partial charge in [-0.2, -0.15) is 0 Å². The van der Waals surface area contributed by atoms with Gasteiger partial charge in [-0.05, 0) is 30.2 Å². The highest BCUT2D eigenvalue weighted by Crippen LogP contribution is 2.08. The monoisotopic (exact) mass is 448 g/mol.